The molecule has 2 heterocycles. The fourth-order valence-corrected chi connectivity index (χ4v) is 2.28. The molecule has 0 saturated heterocycles. The zero-order valence-corrected chi connectivity index (χ0v) is 14.7. The Kier molecular flexibility index (Phi) is 4.90. The number of rotatable bonds is 6. The third-order valence-electron chi connectivity index (χ3n) is 3.36. The van der Waals surface area contributed by atoms with E-state index in [1.807, 2.05) is 44.1 Å². The maximum Gasteiger partial charge on any atom is 0.242 e. The molecular weight excluding hydrogens is 320 g/mol. The summed E-state index contributed by atoms with van der Waals surface area (Å²) in [4.78, 5) is 6.29. The molecule has 130 valence electrons. The summed E-state index contributed by atoms with van der Waals surface area (Å²) < 4.78 is 12.4. The minimum atomic E-state index is 0.422. The van der Waals surface area contributed by atoms with Gasteiger partial charge in [-0.25, -0.2) is 9.67 Å². The van der Waals surface area contributed by atoms with Crippen LogP contribution >= 0.6 is 0 Å². The summed E-state index contributed by atoms with van der Waals surface area (Å²) in [6.45, 7) is 2.60. The van der Waals surface area contributed by atoms with Crippen LogP contribution in [0.5, 0.6) is 5.75 Å². The summed E-state index contributed by atoms with van der Waals surface area (Å²) in [6.07, 6.45) is 5.04. The molecule has 1 aromatic carbocycles. The molecule has 0 saturated carbocycles. The predicted octanol–water partition coefficient (Wildman–Crippen LogP) is 2.33. The number of benzene rings is 1. The smallest absolute Gasteiger partial charge is 0.242 e. The molecule has 0 fully saturated rings. The SMILES string of the molecule is COc1cc(C)cc(-c2ncn(/C=C\c3nnc(CN(C)C)o3)n2)c1. The Balaban J connectivity index is 1.75. The van der Waals surface area contributed by atoms with E-state index in [1.54, 1.807) is 30.4 Å². The predicted molar refractivity (Wildman–Crippen MR) is 93.7 cm³/mol. The van der Waals surface area contributed by atoms with E-state index in [0.717, 1.165) is 16.9 Å². The highest BCUT2D eigenvalue weighted by molar-refractivity contribution is 5.60. The maximum atomic E-state index is 5.52. The Morgan fingerprint density at radius 1 is 1.24 bits per heavy atom. The highest BCUT2D eigenvalue weighted by Crippen LogP contribution is 2.23. The molecule has 0 aliphatic carbocycles. The topological polar surface area (TPSA) is 82.1 Å². The van der Waals surface area contributed by atoms with E-state index in [4.69, 9.17) is 9.15 Å². The van der Waals surface area contributed by atoms with Crippen LogP contribution in [-0.2, 0) is 6.54 Å². The van der Waals surface area contributed by atoms with Crippen LogP contribution < -0.4 is 4.74 Å². The lowest BCUT2D eigenvalue weighted by Gasteiger charge is -2.03. The maximum absolute atomic E-state index is 5.52. The van der Waals surface area contributed by atoms with E-state index < -0.39 is 0 Å². The van der Waals surface area contributed by atoms with Gasteiger partial charge >= 0.3 is 0 Å². The minimum absolute atomic E-state index is 0.422. The normalized spacial score (nSPS) is 11.6. The number of hydrogen-bond acceptors (Lipinski definition) is 7. The largest absolute Gasteiger partial charge is 0.497 e. The Bertz CT molecular complexity index is 881. The molecule has 8 heteroatoms. The first kappa shape index (κ1) is 16.8. The monoisotopic (exact) mass is 340 g/mol. The lowest BCUT2D eigenvalue weighted by Crippen LogP contribution is -2.10. The first-order valence-corrected chi connectivity index (χ1v) is 7.76. The summed E-state index contributed by atoms with van der Waals surface area (Å²) in [7, 11) is 5.52. The van der Waals surface area contributed by atoms with E-state index in [9.17, 15) is 0 Å². The van der Waals surface area contributed by atoms with Gasteiger partial charge in [-0.3, -0.25) is 0 Å². The molecular formula is C17H20N6O2. The number of nitrogens with zero attached hydrogens (tertiary/aromatic N) is 6. The van der Waals surface area contributed by atoms with Crippen LogP contribution in [0.4, 0.5) is 0 Å². The van der Waals surface area contributed by atoms with Gasteiger partial charge in [0, 0.05) is 17.8 Å². The lowest BCUT2D eigenvalue weighted by molar-refractivity contribution is 0.340. The van der Waals surface area contributed by atoms with Gasteiger partial charge in [-0.2, -0.15) is 0 Å². The number of aryl methyl sites for hydroxylation is 1. The molecule has 0 bridgehead atoms. The van der Waals surface area contributed by atoms with Crippen LogP contribution in [0.2, 0.25) is 0 Å². The van der Waals surface area contributed by atoms with Gasteiger partial charge in [0.2, 0.25) is 11.8 Å². The van der Waals surface area contributed by atoms with E-state index in [-0.39, 0.29) is 0 Å². The molecule has 3 aromatic rings. The van der Waals surface area contributed by atoms with Gasteiger partial charge < -0.3 is 14.1 Å². The zero-order valence-electron chi connectivity index (χ0n) is 14.7. The van der Waals surface area contributed by atoms with E-state index in [2.05, 4.69) is 20.3 Å². The zero-order chi connectivity index (χ0) is 17.8. The van der Waals surface area contributed by atoms with Crippen molar-refractivity contribution in [1.82, 2.24) is 29.9 Å². The molecule has 0 aliphatic heterocycles. The lowest BCUT2D eigenvalue weighted by atomic mass is 10.1. The van der Waals surface area contributed by atoms with Gasteiger partial charge in [0.05, 0.1) is 13.7 Å². The summed E-state index contributed by atoms with van der Waals surface area (Å²) in [5.74, 6) is 2.38. The highest BCUT2D eigenvalue weighted by atomic mass is 16.5. The van der Waals surface area contributed by atoms with Crippen molar-refractivity contribution in [1.29, 1.82) is 0 Å². The molecule has 0 N–H and O–H groups in total. The van der Waals surface area contributed by atoms with Crippen molar-refractivity contribution in [2.75, 3.05) is 21.2 Å². The van der Waals surface area contributed by atoms with Crippen LogP contribution in [0.1, 0.15) is 17.3 Å². The number of hydrogen-bond donors (Lipinski definition) is 0. The Morgan fingerprint density at radius 3 is 2.84 bits per heavy atom. The van der Waals surface area contributed by atoms with Crippen molar-refractivity contribution in [2.45, 2.75) is 13.5 Å². The average molecular weight is 340 g/mol. The fraction of sp³-hybridized carbons (Fsp3) is 0.294. The van der Waals surface area contributed by atoms with Gasteiger partial charge in [0.15, 0.2) is 5.82 Å². The molecule has 2 aromatic heterocycles. The Hall–Kier alpha value is -3.00. The van der Waals surface area contributed by atoms with Crippen LogP contribution in [0, 0.1) is 6.92 Å². The quantitative estimate of drug-likeness (QED) is 0.681. The van der Waals surface area contributed by atoms with Crippen molar-refractivity contribution in [3.05, 3.63) is 41.9 Å². The molecule has 25 heavy (non-hydrogen) atoms. The first-order valence-electron chi connectivity index (χ1n) is 7.76. The van der Waals surface area contributed by atoms with Crippen molar-refractivity contribution in [3.8, 4) is 17.1 Å². The van der Waals surface area contributed by atoms with Gasteiger partial charge in [0.25, 0.3) is 0 Å². The van der Waals surface area contributed by atoms with Gasteiger partial charge in [-0.1, -0.05) is 0 Å². The van der Waals surface area contributed by atoms with E-state index in [0.29, 0.717) is 24.2 Å². The van der Waals surface area contributed by atoms with Crippen molar-refractivity contribution < 1.29 is 9.15 Å². The second-order valence-corrected chi connectivity index (χ2v) is 5.87. The van der Waals surface area contributed by atoms with Crippen molar-refractivity contribution in [2.24, 2.45) is 0 Å². The average Bonchev–Trinajstić information content (AvgIpc) is 3.21. The van der Waals surface area contributed by atoms with Gasteiger partial charge in [0.1, 0.15) is 12.1 Å². The number of aromatic nitrogens is 5. The third-order valence-corrected chi connectivity index (χ3v) is 3.36. The molecule has 0 atom stereocenters. The number of methoxy groups -OCH3 is 1. The molecule has 0 unspecified atom stereocenters. The number of ether oxygens (including phenoxy) is 1. The molecule has 0 radical (unpaired) electrons. The second-order valence-electron chi connectivity index (χ2n) is 5.87. The van der Waals surface area contributed by atoms with Crippen LogP contribution in [-0.4, -0.2) is 51.1 Å². The van der Waals surface area contributed by atoms with Crippen LogP contribution in [0.15, 0.2) is 28.9 Å². The van der Waals surface area contributed by atoms with Crippen LogP contribution in [0.3, 0.4) is 0 Å². The van der Waals surface area contributed by atoms with Crippen LogP contribution in [0.25, 0.3) is 23.7 Å². The first-order chi connectivity index (χ1) is 12.0. The summed E-state index contributed by atoms with van der Waals surface area (Å²) in [6, 6.07) is 5.88. The van der Waals surface area contributed by atoms with Gasteiger partial charge in [-0.15, -0.1) is 15.3 Å². The summed E-state index contributed by atoms with van der Waals surface area (Å²) in [5.41, 5.74) is 1.98. The molecule has 0 aliphatic rings. The Labute approximate surface area is 145 Å². The van der Waals surface area contributed by atoms with Crippen molar-refractivity contribution >= 4 is 12.3 Å². The molecule has 0 spiro atoms. The van der Waals surface area contributed by atoms with Crippen molar-refractivity contribution in [3.63, 3.8) is 0 Å². The standard InChI is InChI=1S/C17H20N6O2/c1-12-7-13(9-14(8-12)24-4)17-18-11-23(21-17)6-5-15-19-20-16(25-15)10-22(2)3/h5-9,11H,10H2,1-4H3/b6-5-. The molecule has 3 rings (SSSR count). The summed E-state index contributed by atoms with van der Waals surface area (Å²) in [5, 5.41) is 12.4. The molecule has 0 amide bonds. The highest BCUT2D eigenvalue weighted by Gasteiger charge is 2.07. The minimum Gasteiger partial charge on any atom is -0.497 e. The Morgan fingerprint density at radius 2 is 2.08 bits per heavy atom. The van der Waals surface area contributed by atoms with Gasteiger partial charge in [-0.05, 0) is 44.8 Å². The molecule has 8 nitrogen and oxygen atoms in total. The summed E-state index contributed by atoms with van der Waals surface area (Å²) >= 11 is 0. The van der Waals surface area contributed by atoms with E-state index in [1.165, 1.54) is 0 Å². The fourth-order valence-electron chi connectivity index (χ4n) is 2.28. The third kappa shape index (κ3) is 4.30. The van der Waals surface area contributed by atoms with E-state index >= 15 is 0 Å². The second kappa shape index (κ2) is 7.27.